The number of hydrogen-bond acceptors (Lipinski definition) is 4. The van der Waals surface area contributed by atoms with Crippen molar-refractivity contribution in [1.29, 1.82) is 0 Å². The second kappa shape index (κ2) is 9.33. The monoisotopic (exact) mass is 431 g/mol. The first-order valence-electron chi connectivity index (χ1n) is 9.37. The first-order chi connectivity index (χ1) is 13.9. The average molecular weight is 432 g/mol. The Morgan fingerprint density at radius 2 is 1.93 bits per heavy atom. The molecule has 0 spiro atoms. The minimum absolute atomic E-state index is 0.0206. The van der Waals surface area contributed by atoms with Gasteiger partial charge in [-0.1, -0.05) is 17.7 Å². The highest BCUT2D eigenvalue weighted by Crippen LogP contribution is 2.38. The number of carbonyl (C=O) groups is 3. The number of benzene rings is 2. The number of nitrogens with zero attached hydrogens (tertiary/aromatic N) is 1. The van der Waals surface area contributed by atoms with E-state index in [1.807, 2.05) is 19.9 Å². The molecule has 0 saturated heterocycles. The topological polar surface area (TPSA) is 78.5 Å². The Morgan fingerprint density at radius 1 is 1.17 bits per heavy atom. The van der Waals surface area contributed by atoms with Gasteiger partial charge in [-0.2, -0.15) is 0 Å². The summed E-state index contributed by atoms with van der Waals surface area (Å²) in [6.45, 7) is 5.08. The molecule has 2 aromatic carbocycles. The normalized spacial score (nSPS) is 15.3. The number of nitrogens with one attached hydrogen (secondary N) is 2. The molecule has 0 aliphatic carbocycles. The molecule has 0 aromatic heterocycles. The second-order valence-electron chi connectivity index (χ2n) is 6.55. The summed E-state index contributed by atoms with van der Waals surface area (Å²) in [6, 6.07) is 12.1. The van der Waals surface area contributed by atoms with Gasteiger partial charge in [0.25, 0.3) is 5.91 Å². The number of fused-ring (bicyclic) bond motifs is 1. The lowest BCUT2D eigenvalue weighted by Gasteiger charge is -2.24. The summed E-state index contributed by atoms with van der Waals surface area (Å²) in [5.41, 5.74) is 1.70. The molecule has 2 aromatic rings. The van der Waals surface area contributed by atoms with Crippen molar-refractivity contribution in [2.24, 2.45) is 0 Å². The molecule has 29 heavy (non-hydrogen) atoms. The minimum Gasteiger partial charge on any atom is -0.339 e. The largest absolute Gasteiger partial charge is 0.339 e. The Morgan fingerprint density at radius 3 is 2.66 bits per heavy atom. The number of halogens is 1. The number of anilines is 2. The molecule has 3 amide bonds. The van der Waals surface area contributed by atoms with E-state index in [1.165, 1.54) is 11.8 Å². The van der Waals surface area contributed by atoms with E-state index in [2.05, 4.69) is 10.6 Å². The third-order valence-electron chi connectivity index (χ3n) is 4.58. The first kappa shape index (κ1) is 21.2. The van der Waals surface area contributed by atoms with Gasteiger partial charge in [0.15, 0.2) is 0 Å². The maximum Gasteiger partial charge on any atom is 0.253 e. The van der Waals surface area contributed by atoms with Crippen LogP contribution in [0.25, 0.3) is 0 Å². The predicted molar refractivity (Wildman–Crippen MR) is 117 cm³/mol. The Balaban J connectivity index is 1.65. The number of hydrogen-bond donors (Lipinski definition) is 2. The maximum absolute atomic E-state index is 12.5. The Labute approximate surface area is 179 Å². The Hall–Kier alpha value is -2.51. The van der Waals surface area contributed by atoms with Gasteiger partial charge in [0.1, 0.15) is 0 Å². The molecule has 1 aliphatic rings. The molecule has 3 rings (SSSR count). The fourth-order valence-corrected chi connectivity index (χ4v) is 4.32. The molecular weight excluding hydrogens is 410 g/mol. The number of thioether (sulfide) groups is 1. The highest BCUT2D eigenvalue weighted by Gasteiger charge is 2.29. The zero-order valence-corrected chi connectivity index (χ0v) is 17.8. The van der Waals surface area contributed by atoms with Crippen molar-refractivity contribution in [3.05, 3.63) is 53.1 Å². The third-order valence-corrected chi connectivity index (χ3v) is 6.09. The van der Waals surface area contributed by atoms with Gasteiger partial charge < -0.3 is 15.5 Å². The summed E-state index contributed by atoms with van der Waals surface area (Å²) in [4.78, 5) is 39.9. The lowest BCUT2D eigenvalue weighted by atomic mass is 10.1. The van der Waals surface area contributed by atoms with E-state index in [4.69, 9.17) is 11.6 Å². The van der Waals surface area contributed by atoms with Crippen LogP contribution in [0.2, 0.25) is 5.02 Å². The number of amides is 3. The molecule has 8 heteroatoms. The van der Waals surface area contributed by atoms with E-state index in [0.717, 1.165) is 4.90 Å². The summed E-state index contributed by atoms with van der Waals surface area (Å²) in [5, 5.41) is 5.59. The molecule has 152 valence electrons. The lowest BCUT2D eigenvalue weighted by Crippen LogP contribution is -2.32. The fraction of sp³-hybridized carbons (Fsp3) is 0.286. The summed E-state index contributed by atoms with van der Waals surface area (Å²) in [5.74, 6) is -0.600. The van der Waals surface area contributed by atoms with Crippen LogP contribution < -0.4 is 10.6 Å². The van der Waals surface area contributed by atoms with Gasteiger partial charge in [0.05, 0.1) is 10.9 Å². The fourth-order valence-electron chi connectivity index (χ4n) is 3.06. The summed E-state index contributed by atoms with van der Waals surface area (Å²) in [7, 11) is 0. The Kier molecular flexibility index (Phi) is 6.82. The van der Waals surface area contributed by atoms with Crippen LogP contribution in [0.4, 0.5) is 11.4 Å². The average Bonchev–Trinajstić information content (AvgIpc) is 2.69. The van der Waals surface area contributed by atoms with Crippen molar-refractivity contribution < 1.29 is 14.4 Å². The molecule has 2 N–H and O–H groups in total. The molecular formula is C21H22ClN3O3S. The predicted octanol–water partition coefficient (Wildman–Crippen LogP) is 4.26. The van der Waals surface area contributed by atoms with Crippen molar-refractivity contribution >= 4 is 52.5 Å². The van der Waals surface area contributed by atoms with E-state index < -0.39 is 5.25 Å². The molecule has 0 fully saturated rings. The smallest absolute Gasteiger partial charge is 0.253 e. The van der Waals surface area contributed by atoms with Crippen LogP contribution in [0.15, 0.2) is 47.4 Å². The maximum atomic E-state index is 12.5. The molecule has 1 aliphatic heterocycles. The molecule has 1 atom stereocenters. The number of carbonyl (C=O) groups excluding carboxylic acids is 3. The van der Waals surface area contributed by atoms with Crippen molar-refractivity contribution in [1.82, 2.24) is 4.90 Å². The lowest BCUT2D eigenvalue weighted by molar-refractivity contribution is -0.120. The quantitative estimate of drug-likeness (QED) is 0.716. The van der Waals surface area contributed by atoms with E-state index >= 15 is 0 Å². The van der Waals surface area contributed by atoms with Gasteiger partial charge in [-0.3, -0.25) is 14.4 Å². The van der Waals surface area contributed by atoms with Gasteiger partial charge in [-0.05, 0) is 50.2 Å². The van der Waals surface area contributed by atoms with E-state index in [-0.39, 0.29) is 24.1 Å². The van der Waals surface area contributed by atoms with Crippen LogP contribution in [0.1, 0.15) is 30.6 Å². The highest BCUT2D eigenvalue weighted by atomic mass is 35.5. The summed E-state index contributed by atoms with van der Waals surface area (Å²) < 4.78 is 0. The summed E-state index contributed by atoms with van der Waals surface area (Å²) in [6.07, 6.45) is 0.0206. The summed E-state index contributed by atoms with van der Waals surface area (Å²) >= 11 is 7.29. The molecule has 6 nitrogen and oxygen atoms in total. The van der Waals surface area contributed by atoms with Crippen LogP contribution in [-0.4, -0.2) is 41.0 Å². The molecule has 0 radical (unpaired) electrons. The molecule has 0 unspecified atom stereocenters. The van der Waals surface area contributed by atoms with Crippen LogP contribution >= 0.6 is 23.4 Å². The molecule has 0 saturated carbocycles. The van der Waals surface area contributed by atoms with Crippen molar-refractivity contribution in [2.75, 3.05) is 23.7 Å². The zero-order chi connectivity index (χ0) is 21.0. The van der Waals surface area contributed by atoms with Crippen LogP contribution in [0.3, 0.4) is 0 Å². The van der Waals surface area contributed by atoms with Gasteiger partial charge >= 0.3 is 0 Å². The van der Waals surface area contributed by atoms with Gasteiger partial charge in [0.2, 0.25) is 11.8 Å². The van der Waals surface area contributed by atoms with Crippen LogP contribution in [0, 0.1) is 0 Å². The van der Waals surface area contributed by atoms with E-state index in [0.29, 0.717) is 35.1 Å². The van der Waals surface area contributed by atoms with Crippen LogP contribution in [0.5, 0.6) is 0 Å². The van der Waals surface area contributed by atoms with E-state index in [1.54, 1.807) is 41.3 Å². The SMILES string of the molecule is CCN(CC)C(=O)c1cccc(NC(=O)C[C@H]2Sc3ccc(Cl)cc3NC2=O)c1. The molecule has 1 heterocycles. The van der Waals surface area contributed by atoms with Crippen molar-refractivity contribution in [3.63, 3.8) is 0 Å². The second-order valence-corrected chi connectivity index (χ2v) is 8.23. The van der Waals surface area contributed by atoms with Gasteiger partial charge in [0, 0.05) is 40.7 Å². The molecule has 0 bridgehead atoms. The Bertz CT molecular complexity index is 947. The van der Waals surface area contributed by atoms with Gasteiger partial charge in [-0.15, -0.1) is 11.8 Å². The van der Waals surface area contributed by atoms with Crippen molar-refractivity contribution in [3.8, 4) is 0 Å². The highest BCUT2D eigenvalue weighted by molar-refractivity contribution is 8.01. The standard InChI is InChI=1S/C21H22ClN3O3S/c1-3-25(4-2)21(28)13-6-5-7-15(10-13)23-19(26)12-18-20(27)24-16-11-14(22)8-9-17(16)29-18/h5-11,18H,3-4,12H2,1-2H3,(H,23,26)(H,24,27)/t18-/m1/s1. The van der Waals surface area contributed by atoms with E-state index in [9.17, 15) is 14.4 Å². The number of rotatable bonds is 6. The van der Waals surface area contributed by atoms with Crippen LogP contribution in [-0.2, 0) is 9.59 Å². The minimum atomic E-state index is -0.538. The third kappa shape index (κ3) is 5.10. The zero-order valence-electron chi connectivity index (χ0n) is 16.2. The first-order valence-corrected chi connectivity index (χ1v) is 10.6. The van der Waals surface area contributed by atoms with Gasteiger partial charge in [-0.25, -0.2) is 0 Å². The van der Waals surface area contributed by atoms with Crippen molar-refractivity contribution in [2.45, 2.75) is 30.4 Å².